The second-order valence-corrected chi connectivity index (χ2v) is 5.90. The maximum Gasteiger partial charge on any atom is 0.164 e. The third-order valence-corrected chi connectivity index (χ3v) is 4.42. The summed E-state index contributed by atoms with van der Waals surface area (Å²) in [6.07, 6.45) is 0.527. The highest BCUT2D eigenvalue weighted by molar-refractivity contribution is 6.00. The molecule has 3 rings (SSSR count). The second kappa shape index (κ2) is 9.04. The first-order valence-corrected chi connectivity index (χ1v) is 8.20. The quantitative estimate of drug-likeness (QED) is 0.736. The minimum Gasteiger partial charge on any atom is -0.493 e. The Kier molecular flexibility index (Phi) is 7.05. The van der Waals surface area contributed by atoms with E-state index in [-0.39, 0.29) is 18.2 Å². The number of carbonyl (C=O) groups excluding carboxylic acids is 1. The lowest BCUT2D eigenvalue weighted by Crippen LogP contribution is -2.37. The van der Waals surface area contributed by atoms with E-state index in [9.17, 15) is 4.79 Å². The molecule has 5 nitrogen and oxygen atoms in total. The number of methoxy groups -OCH3 is 2. The van der Waals surface area contributed by atoms with Crippen molar-refractivity contribution in [3.05, 3.63) is 35.9 Å². The van der Waals surface area contributed by atoms with Crippen molar-refractivity contribution in [3.8, 4) is 11.5 Å². The van der Waals surface area contributed by atoms with Gasteiger partial charge in [0.1, 0.15) is 0 Å². The van der Waals surface area contributed by atoms with Crippen molar-refractivity contribution in [2.75, 3.05) is 47.1 Å². The van der Waals surface area contributed by atoms with Gasteiger partial charge < -0.3 is 14.2 Å². The van der Waals surface area contributed by atoms with Gasteiger partial charge in [-0.25, -0.2) is 0 Å². The monoisotopic (exact) mass is 365 g/mol. The molecule has 0 amide bonds. The molecule has 0 saturated carbocycles. The van der Waals surface area contributed by atoms with Gasteiger partial charge in [0.25, 0.3) is 0 Å². The van der Waals surface area contributed by atoms with Crippen molar-refractivity contribution in [3.63, 3.8) is 0 Å². The number of halogens is 1. The molecule has 1 fully saturated rings. The first kappa shape index (κ1) is 19.5. The van der Waals surface area contributed by atoms with Crippen LogP contribution < -0.4 is 9.47 Å². The molecule has 25 heavy (non-hydrogen) atoms. The number of hydrogen-bond acceptors (Lipinski definition) is 5. The van der Waals surface area contributed by atoms with Crippen LogP contribution in [0.2, 0.25) is 0 Å². The van der Waals surface area contributed by atoms with Gasteiger partial charge in [-0.3, -0.25) is 9.69 Å². The van der Waals surface area contributed by atoms with Gasteiger partial charge in [-0.15, -0.1) is 12.4 Å². The summed E-state index contributed by atoms with van der Waals surface area (Å²) in [5, 5.41) is 2.00. The molecule has 0 radical (unpaired) electrons. The minimum absolute atomic E-state index is 0. The van der Waals surface area contributed by atoms with Crippen LogP contribution in [0.3, 0.4) is 0 Å². The van der Waals surface area contributed by atoms with Crippen LogP contribution in [0.4, 0.5) is 0 Å². The number of hydrogen-bond donors (Lipinski definition) is 0. The maximum absolute atomic E-state index is 12.5. The lowest BCUT2D eigenvalue weighted by molar-refractivity contribution is 0.0370. The first-order valence-electron chi connectivity index (χ1n) is 8.20. The molecule has 1 aliphatic rings. The van der Waals surface area contributed by atoms with Crippen molar-refractivity contribution in [1.29, 1.82) is 0 Å². The highest BCUT2D eigenvalue weighted by atomic mass is 35.5. The topological polar surface area (TPSA) is 48.0 Å². The Morgan fingerprint density at radius 1 is 1.04 bits per heavy atom. The average molecular weight is 366 g/mol. The minimum atomic E-state index is 0. The molecule has 1 aliphatic heterocycles. The maximum atomic E-state index is 12.5. The first-order chi connectivity index (χ1) is 11.7. The van der Waals surface area contributed by atoms with Gasteiger partial charge in [0.15, 0.2) is 17.3 Å². The van der Waals surface area contributed by atoms with Crippen LogP contribution in [-0.4, -0.2) is 57.8 Å². The molecule has 0 aliphatic carbocycles. The Morgan fingerprint density at radius 3 is 2.32 bits per heavy atom. The molecule has 0 bridgehead atoms. The summed E-state index contributed by atoms with van der Waals surface area (Å²) in [5.41, 5.74) is 0.739. The van der Waals surface area contributed by atoms with E-state index in [0.29, 0.717) is 17.9 Å². The molecule has 0 N–H and O–H groups in total. The molecular weight excluding hydrogens is 342 g/mol. The molecule has 1 heterocycles. The fourth-order valence-electron chi connectivity index (χ4n) is 2.98. The molecule has 0 spiro atoms. The fourth-order valence-corrected chi connectivity index (χ4v) is 2.98. The fraction of sp³-hybridized carbons (Fsp3) is 0.421. The highest BCUT2D eigenvalue weighted by Gasteiger charge is 2.14. The lowest BCUT2D eigenvalue weighted by atomic mass is 10.0. The Morgan fingerprint density at radius 2 is 1.68 bits per heavy atom. The highest BCUT2D eigenvalue weighted by Crippen LogP contribution is 2.32. The summed E-state index contributed by atoms with van der Waals surface area (Å²) in [7, 11) is 3.23. The largest absolute Gasteiger partial charge is 0.493 e. The van der Waals surface area contributed by atoms with Gasteiger partial charge in [-0.2, -0.15) is 0 Å². The van der Waals surface area contributed by atoms with E-state index in [4.69, 9.17) is 14.2 Å². The van der Waals surface area contributed by atoms with Gasteiger partial charge in [0.2, 0.25) is 0 Å². The number of morpholine rings is 1. The number of carbonyl (C=O) groups is 1. The van der Waals surface area contributed by atoms with Crippen LogP contribution in [0.25, 0.3) is 10.8 Å². The number of benzene rings is 2. The molecule has 136 valence electrons. The summed E-state index contributed by atoms with van der Waals surface area (Å²) in [6, 6.07) is 9.61. The summed E-state index contributed by atoms with van der Waals surface area (Å²) in [6.45, 7) is 4.10. The van der Waals surface area contributed by atoms with E-state index < -0.39 is 0 Å². The van der Waals surface area contributed by atoms with E-state index in [1.165, 1.54) is 0 Å². The number of ether oxygens (including phenoxy) is 3. The number of ketones is 1. The Hall–Kier alpha value is -1.82. The predicted molar refractivity (Wildman–Crippen MR) is 101 cm³/mol. The zero-order chi connectivity index (χ0) is 16.9. The summed E-state index contributed by atoms with van der Waals surface area (Å²) < 4.78 is 16.0. The van der Waals surface area contributed by atoms with Gasteiger partial charge >= 0.3 is 0 Å². The zero-order valence-electron chi connectivity index (χ0n) is 14.6. The van der Waals surface area contributed by atoms with Gasteiger partial charge in [-0.1, -0.05) is 12.1 Å². The predicted octanol–water partition coefficient (Wildman–Crippen LogP) is 3.18. The summed E-state index contributed by atoms with van der Waals surface area (Å²) >= 11 is 0. The van der Waals surface area contributed by atoms with Crippen LogP contribution in [0.15, 0.2) is 30.3 Å². The van der Waals surface area contributed by atoms with E-state index in [2.05, 4.69) is 4.90 Å². The number of Topliss-reactive ketones (excluding diaryl/α,β-unsaturated/α-hetero) is 1. The normalized spacial score (nSPS) is 14.8. The second-order valence-electron chi connectivity index (χ2n) is 5.90. The third kappa shape index (κ3) is 4.63. The van der Waals surface area contributed by atoms with Crippen LogP contribution >= 0.6 is 12.4 Å². The van der Waals surface area contributed by atoms with Crippen molar-refractivity contribution in [2.24, 2.45) is 0 Å². The van der Waals surface area contributed by atoms with Gasteiger partial charge in [0.05, 0.1) is 27.4 Å². The molecular formula is C19H24ClNO4. The number of rotatable bonds is 6. The van der Waals surface area contributed by atoms with Crippen molar-refractivity contribution >= 4 is 29.0 Å². The van der Waals surface area contributed by atoms with Crippen LogP contribution in [0, 0.1) is 0 Å². The average Bonchev–Trinajstić information content (AvgIpc) is 2.65. The molecule has 6 heteroatoms. The van der Waals surface area contributed by atoms with Gasteiger partial charge in [-0.05, 0) is 29.0 Å². The van der Waals surface area contributed by atoms with Crippen molar-refractivity contribution in [2.45, 2.75) is 6.42 Å². The van der Waals surface area contributed by atoms with Crippen molar-refractivity contribution < 1.29 is 19.0 Å². The standard InChI is InChI=1S/C19H23NO4.ClH/c1-22-18-12-14-3-4-15(11-16(14)13-19(18)23-2)17(21)5-6-20-7-9-24-10-8-20;/h3-4,11-13H,5-10H2,1-2H3;1H. The van der Waals surface area contributed by atoms with Crippen LogP contribution in [0.5, 0.6) is 11.5 Å². The zero-order valence-corrected chi connectivity index (χ0v) is 15.4. The van der Waals surface area contributed by atoms with E-state index in [1.54, 1.807) is 14.2 Å². The molecule has 0 unspecified atom stereocenters. The van der Waals surface area contributed by atoms with E-state index in [0.717, 1.165) is 49.2 Å². The molecule has 2 aromatic carbocycles. The smallest absolute Gasteiger partial charge is 0.164 e. The molecule has 2 aromatic rings. The van der Waals surface area contributed by atoms with Crippen LogP contribution in [0.1, 0.15) is 16.8 Å². The Balaban J connectivity index is 0.00000225. The summed E-state index contributed by atoms with van der Waals surface area (Å²) in [4.78, 5) is 14.8. The van der Waals surface area contributed by atoms with E-state index >= 15 is 0 Å². The number of fused-ring (bicyclic) bond motifs is 1. The summed E-state index contributed by atoms with van der Waals surface area (Å²) in [5.74, 6) is 1.53. The molecule has 1 saturated heterocycles. The van der Waals surface area contributed by atoms with Crippen molar-refractivity contribution in [1.82, 2.24) is 4.90 Å². The molecule has 0 atom stereocenters. The molecule has 0 aromatic heterocycles. The Labute approximate surface area is 154 Å². The lowest BCUT2D eigenvalue weighted by Gasteiger charge is -2.26. The van der Waals surface area contributed by atoms with Crippen LogP contribution in [-0.2, 0) is 4.74 Å². The van der Waals surface area contributed by atoms with E-state index in [1.807, 2.05) is 30.3 Å². The number of nitrogens with zero attached hydrogens (tertiary/aromatic N) is 1. The third-order valence-electron chi connectivity index (χ3n) is 4.42. The van der Waals surface area contributed by atoms with Gasteiger partial charge in [0, 0.05) is 31.6 Å². The SMILES string of the molecule is COc1cc2ccc(C(=O)CCN3CCOCC3)cc2cc1OC.Cl. The Bertz CT molecular complexity index is 729.